The van der Waals surface area contributed by atoms with Crippen LogP contribution in [0.3, 0.4) is 0 Å². The fraction of sp³-hybridized carbons (Fsp3) is 0.429. The van der Waals surface area contributed by atoms with Crippen LogP contribution < -0.4 is 23.2 Å². The zero-order valence-electron chi connectivity index (χ0n) is 17.2. The molecule has 0 unspecified atom stereocenters. The van der Waals surface area contributed by atoms with Gasteiger partial charge in [-0.25, -0.2) is 9.56 Å². The molecular weight excluding hydrogens is 725 g/mol. The fourth-order valence-corrected chi connectivity index (χ4v) is 4.34. The summed E-state index contributed by atoms with van der Waals surface area (Å²) in [6.45, 7) is 7.41. The summed E-state index contributed by atoms with van der Waals surface area (Å²) in [5.41, 5.74) is 4.76. The quantitative estimate of drug-likeness (QED) is 0.211. The molecule has 2 aliphatic rings. The number of aromatic nitrogens is 1. The minimum absolute atomic E-state index is 0.530. The number of hydrogen-bond acceptors (Lipinski definition) is 4. The van der Waals surface area contributed by atoms with Gasteiger partial charge < -0.3 is 9.47 Å². The first kappa shape index (κ1) is 25.6. The molecule has 1 heterocycles. The van der Waals surface area contributed by atoms with Crippen molar-refractivity contribution in [1.82, 2.24) is 9.56 Å². The molecule has 0 atom stereocenters. The molecule has 3 rings (SSSR count). The maximum absolute atomic E-state index is 5.28. The van der Waals surface area contributed by atoms with Gasteiger partial charge in [0.05, 0.1) is 20.8 Å². The molecule has 0 spiro atoms. The Labute approximate surface area is 207 Å². The van der Waals surface area contributed by atoms with Crippen molar-refractivity contribution < 1.29 is 22.7 Å². The third-order valence-electron chi connectivity index (χ3n) is 4.65. The van der Waals surface area contributed by atoms with Gasteiger partial charge in [0.15, 0.2) is 13.1 Å². The van der Waals surface area contributed by atoms with Crippen molar-refractivity contribution in [2.75, 3.05) is 40.5 Å². The Bertz CT molecular complexity index is 952. The molecule has 29 heavy (non-hydrogen) atoms. The van der Waals surface area contributed by atoms with E-state index in [4.69, 9.17) is 14.5 Å². The van der Waals surface area contributed by atoms with Crippen LogP contribution in [0, 0.1) is 6.92 Å². The van der Waals surface area contributed by atoms with E-state index in [-0.39, 0.29) is 0 Å². The number of benzene rings is 2. The predicted octanol–water partition coefficient (Wildman–Crippen LogP) is 2.11. The summed E-state index contributed by atoms with van der Waals surface area (Å²) in [5.74, 6) is 0. The Morgan fingerprint density at radius 1 is 1.10 bits per heavy atom. The third kappa shape index (κ3) is 7.19. The number of ether oxygens (including phenoxy) is 2. The van der Waals surface area contributed by atoms with E-state index in [1.165, 1.54) is 26.1 Å². The molecule has 8 heteroatoms. The molecule has 0 amide bonds. The van der Waals surface area contributed by atoms with E-state index in [2.05, 4.69) is 86.0 Å². The van der Waals surface area contributed by atoms with Crippen molar-refractivity contribution >= 4 is 58.8 Å². The first-order valence-electron chi connectivity index (χ1n) is 9.35. The first-order chi connectivity index (χ1) is 14.1. The van der Waals surface area contributed by atoms with Gasteiger partial charge >= 0.3 is 50.5 Å². The Hall–Kier alpha value is 0.370. The molecule has 0 bridgehead atoms. The summed E-state index contributed by atoms with van der Waals surface area (Å²) in [6.07, 6.45) is 1.00. The minimum atomic E-state index is 0.530. The molecule has 0 aromatic heterocycles. The summed E-state index contributed by atoms with van der Waals surface area (Å²) in [6, 6.07) is 11.0. The molecule has 160 valence electrons. The van der Waals surface area contributed by atoms with Gasteiger partial charge in [-0.05, 0) is 30.5 Å². The Kier molecular flexibility index (Phi) is 12.1. The van der Waals surface area contributed by atoms with Crippen LogP contribution >= 0.6 is 48.6 Å². The normalized spacial score (nSPS) is 11.0. The summed E-state index contributed by atoms with van der Waals surface area (Å²) < 4.78 is 14.1. The molecule has 1 aliphatic heterocycles. The average Bonchev–Trinajstić information content (AvgIpc) is 2.72. The van der Waals surface area contributed by atoms with Crippen LogP contribution in [0.1, 0.15) is 18.1 Å². The van der Waals surface area contributed by atoms with E-state index >= 15 is 0 Å². The number of para-hydroxylation sites is 1. The zero-order chi connectivity index (χ0) is 21.2. The van der Waals surface area contributed by atoms with Gasteiger partial charge in [0.2, 0.25) is 5.36 Å². The van der Waals surface area contributed by atoms with Crippen molar-refractivity contribution in [2.24, 2.45) is 0 Å². The topological polar surface area (TPSA) is 34.4 Å². The van der Waals surface area contributed by atoms with Crippen LogP contribution in [0.5, 0.6) is 0 Å². The first-order valence-corrected chi connectivity index (χ1v) is 22.7. The van der Waals surface area contributed by atoms with Gasteiger partial charge in [-0.1, -0.05) is 19.1 Å². The summed E-state index contributed by atoms with van der Waals surface area (Å²) >= 11 is 7.12. The van der Waals surface area contributed by atoms with Crippen LogP contribution in [0.4, 0.5) is 0 Å². The molecule has 1 aromatic rings. The molecule has 0 N–H and O–H groups in total. The Morgan fingerprint density at radius 2 is 1.76 bits per heavy atom. The van der Waals surface area contributed by atoms with Gasteiger partial charge in [0.25, 0.3) is 0 Å². The van der Waals surface area contributed by atoms with E-state index in [0.29, 0.717) is 26.5 Å². The van der Waals surface area contributed by atoms with Crippen LogP contribution in [-0.2, 0) is 15.9 Å². The number of aryl methyl sites for hydroxylation is 2. The molecule has 1 aromatic carbocycles. The molecule has 0 saturated heterocycles. The molecule has 1 aliphatic carbocycles. The summed E-state index contributed by atoms with van der Waals surface area (Å²) in [5, 5.41) is 1.20. The molecule has 0 fully saturated rings. The van der Waals surface area contributed by atoms with Crippen LogP contribution in [0.2, 0.25) is 0 Å². The van der Waals surface area contributed by atoms with Gasteiger partial charge in [0, 0.05) is 26.4 Å². The number of methoxy groups -OCH3 is 2. The SMILES string of the molecule is CCc1cccc2sc3cc(=[N+](CCOC)CCOC)cc(C)c-3nc12.I[I-]I. The van der Waals surface area contributed by atoms with Crippen LogP contribution in [-0.4, -0.2) is 45.5 Å². The van der Waals surface area contributed by atoms with Gasteiger partial charge in [-0.2, -0.15) is 0 Å². The van der Waals surface area contributed by atoms with Crippen molar-refractivity contribution in [3.63, 3.8) is 0 Å². The second-order valence-corrected chi connectivity index (χ2v) is 23.8. The van der Waals surface area contributed by atoms with E-state index in [0.717, 1.165) is 30.7 Å². The molecule has 4 nitrogen and oxygen atoms in total. The van der Waals surface area contributed by atoms with Gasteiger partial charge in [-0.3, -0.25) is 0 Å². The number of halogens is 3. The molecular formula is C21H27I3N2O2S. The van der Waals surface area contributed by atoms with Crippen LogP contribution in [0.25, 0.3) is 20.8 Å². The van der Waals surface area contributed by atoms with E-state index < -0.39 is 0 Å². The number of fused-ring (bicyclic) bond motifs is 2. The third-order valence-corrected chi connectivity index (χ3v) is 5.73. The van der Waals surface area contributed by atoms with Crippen molar-refractivity contribution in [3.8, 4) is 10.6 Å². The Balaban J connectivity index is 0.000000941. The van der Waals surface area contributed by atoms with Crippen molar-refractivity contribution in [1.29, 1.82) is 0 Å². The summed E-state index contributed by atoms with van der Waals surface area (Å²) in [7, 11) is 3.48. The van der Waals surface area contributed by atoms with E-state index in [1.54, 1.807) is 14.2 Å². The second-order valence-electron chi connectivity index (χ2n) is 6.47. The van der Waals surface area contributed by atoms with E-state index in [9.17, 15) is 0 Å². The van der Waals surface area contributed by atoms with Gasteiger partial charge in [0.1, 0.15) is 13.2 Å². The average molecular weight is 752 g/mol. The van der Waals surface area contributed by atoms with Crippen molar-refractivity contribution in [3.05, 3.63) is 46.8 Å². The van der Waals surface area contributed by atoms with E-state index in [1.807, 2.05) is 11.3 Å². The number of nitrogens with zero attached hydrogens (tertiary/aromatic N) is 2. The van der Waals surface area contributed by atoms with Gasteiger partial charge in [-0.15, -0.1) is 11.3 Å². The number of hydrogen-bond donors (Lipinski definition) is 0. The second kappa shape index (κ2) is 13.7. The molecule has 0 radical (unpaired) electrons. The standard InChI is InChI=1S/C21H27N2O2S.I3/c1-5-16-7-6-8-18-21(16)22-20-15(2)13-17(14-19(20)26-18)23(9-11-24-3)10-12-25-4;1-3-2/h6-8,13-14H,5,9-12H2,1-4H3;/q+1;-1. The number of rotatable bonds is 7. The Morgan fingerprint density at radius 3 is 2.34 bits per heavy atom. The predicted molar refractivity (Wildman–Crippen MR) is 137 cm³/mol. The maximum atomic E-state index is 5.28. The monoisotopic (exact) mass is 752 g/mol. The molecule has 0 saturated carbocycles. The fourth-order valence-electron chi connectivity index (χ4n) is 3.20. The van der Waals surface area contributed by atoms with Crippen molar-refractivity contribution in [2.45, 2.75) is 20.3 Å². The summed E-state index contributed by atoms with van der Waals surface area (Å²) in [4.78, 5) is 6.24. The zero-order valence-corrected chi connectivity index (χ0v) is 24.5. The van der Waals surface area contributed by atoms with Crippen LogP contribution in [0.15, 0.2) is 30.3 Å².